The summed E-state index contributed by atoms with van der Waals surface area (Å²) in [6.45, 7) is 4.05. The van der Waals surface area contributed by atoms with Crippen molar-refractivity contribution in [3.63, 3.8) is 0 Å². The summed E-state index contributed by atoms with van der Waals surface area (Å²) in [5, 5.41) is 2.46. The predicted octanol–water partition coefficient (Wildman–Crippen LogP) is 1.38. The number of carbonyl (C=O) groups is 1. The predicted molar refractivity (Wildman–Crippen MR) is 64.5 cm³/mol. The molecule has 3 nitrogen and oxygen atoms in total. The zero-order valence-corrected chi connectivity index (χ0v) is 9.21. The van der Waals surface area contributed by atoms with E-state index in [1.807, 2.05) is 25.3 Å². The van der Waals surface area contributed by atoms with Gasteiger partial charge in [-0.1, -0.05) is 13.8 Å². The van der Waals surface area contributed by atoms with E-state index in [2.05, 4.69) is 0 Å². The van der Waals surface area contributed by atoms with Crippen LogP contribution in [0, 0.1) is 5.92 Å². The van der Waals surface area contributed by atoms with Crippen LogP contribution in [0.1, 0.15) is 20.3 Å². The van der Waals surface area contributed by atoms with Crippen molar-refractivity contribution in [1.82, 2.24) is 0 Å². The summed E-state index contributed by atoms with van der Waals surface area (Å²) in [5.74, 6) is 0.0574. The molecule has 5 heteroatoms. The summed E-state index contributed by atoms with van der Waals surface area (Å²) in [4.78, 5) is 11.4. The van der Waals surface area contributed by atoms with Crippen LogP contribution in [0.5, 0.6) is 5.06 Å². The minimum absolute atomic E-state index is 0. The second-order valence-electron chi connectivity index (χ2n) is 3.59. The van der Waals surface area contributed by atoms with Crippen LogP contribution in [0.25, 0.3) is 0 Å². The Hall–Kier alpha value is 0.130. The second kappa shape index (κ2) is 7.41. The fourth-order valence-electron chi connectivity index (χ4n) is 1.10. The van der Waals surface area contributed by atoms with Crippen LogP contribution in [0.4, 0.5) is 0 Å². The monoisotopic (exact) mass is 237 g/mol. The summed E-state index contributed by atoms with van der Waals surface area (Å²) in [6, 6.07) is 3.07. The van der Waals surface area contributed by atoms with Gasteiger partial charge in [0.2, 0.25) is 0 Å². The molecular formula is C10H16NNaO2S. The first kappa shape index (κ1) is 15.1. The van der Waals surface area contributed by atoms with Crippen molar-refractivity contribution in [2.45, 2.75) is 26.3 Å². The summed E-state index contributed by atoms with van der Waals surface area (Å²) < 4.78 is 5.07. The molecule has 0 fully saturated rings. The molecule has 0 spiro atoms. The third-order valence-corrected chi connectivity index (χ3v) is 2.47. The summed E-state index contributed by atoms with van der Waals surface area (Å²) in [7, 11) is 0. The Kier molecular flexibility index (Phi) is 7.48. The molecule has 0 saturated heterocycles. The first-order valence-electron chi connectivity index (χ1n) is 4.60. The Balaban J connectivity index is 0.00000196. The van der Waals surface area contributed by atoms with Crippen molar-refractivity contribution in [3.05, 3.63) is 17.5 Å². The Morgan fingerprint density at radius 1 is 1.60 bits per heavy atom. The molecule has 1 aromatic rings. The number of hydrogen-bond acceptors (Lipinski definition) is 4. The third-order valence-electron chi connectivity index (χ3n) is 1.72. The van der Waals surface area contributed by atoms with Crippen LogP contribution in [-0.4, -0.2) is 41.6 Å². The molecule has 0 saturated carbocycles. The Morgan fingerprint density at radius 2 is 2.27 bits per heavy atom. The van der Waals surface area contributed by atoms with E-state index in [1.165, 1.54) is 11.3 Å². The van der Waals surface area contributed by atoms with E-state index in [0.717, 1.165) is 0 Å². The number of nitrogens with two attached hydrogens (primary N) is 1. The molecule has 0 aliphatic rings. The van der Waals surface area contributed by atoms with Gasteiger partial charge in [-0.25, -0.2) is 4.79 Å². The first-order valence-corrected chi connectivity index (χ1v) is 5.48. The molecule has 1 rings (SSSR count). The van der Waals surface area contributed by atoms with Gasteiger partial charge in [0.05, 0.1) is 0 Å². The van der Waals surface area contributed by atoms with Gasteiger partial charge in [0.15, 0.2) is 5.06 Å². The molecular weight excluding hydrogens is 221 g/mol. The Labute approximate surface area is 116 Å². The van der Waals surface area contributed by atoms with Crippen molar-refractivity contribution >= 4 is 46.9 Å². The molecule has 0 aromatic carbocycles. The van der Waals surface area contributed by atoms with Crippen molar-refractivity contribution in [1.29, 1.82) is 0 Å². The van der Waals surface area contributed by atoms with Crippen LogP contribution >= 0.6 is 11.3 Å². The topological polar surface area (TPSA) is 52.3 Å². The molecule has 1 aromatic heterocycles. The fourth-order valence-corrected chi connectivity index (χ4v) is 1.68. The SMILES string of the molecule is CC(C)C[C@H](N)C(=O)Oc1cccs1.[NaH]. The van der Waals surface area contributed by atoms with Crippen LogP contribution in [0.15, 0.2) is 17.5 Å². The van der Waals surface area contributed by atoms with Crippen molar-refractivity contribution in [2.24, 2.45) is 11.7 Å². The van der Waals surface area contributed by atoms with E-state index in [1.54, 1.807) is 6.07 Å². The van der Waals surface area contributed by atoms with E-state index in [9.17, 15) is 4.79 Å². The van der Waals surface area contributed by atoms with Crippen LogP contribution in [0.2, 0.25) is 0 Å². The van der Waals surface area contributed by atoms with Gasteiger partial charge in [0, 0.05) is 0 Å². The minimum atomic E-state index is -0.517. The standard InChI is InChI=1S/C10H15NO2S.Na.H/c1-7(2)6-8(11)10(12)13-9-4-3-5-14-9;;/h3-5,7-8H,6,11H2,1-2H3;;/t8-;;/m0../s1. The summed E-state index contributed by atoms with van der Waals surface area (Å²) in [6.07, 6.45) is 0.657. The molecule has 0 bridgehead atoms. The zero-order valence-electron chi connectivity index (χ0n) is 8.40. The quantitative estimate of drug-likeness (QED) is 0.636. The maximum atomic E-state index is 11.4. The van der Waals surface area contributed by atoms with E-state index < -0.39 is 6.04 Å². The average Bonchev–Trinajstić information content (AvgIpc) is 2.55. The second-order valence-corrected chi connectivity index (χ2v) is 4.50. The maximum absolute atomic E-state index is 11.4. The molecule has 1 atom stereocenters. The molecule has 1 heterocycles. The van der Waals surface area contributed by atoms with E-state index in [4.69, 9.17) is 10.5 Å². The van der Waals surface area contributed by atoms with E-state index in [0.29, 0.717) is 17.4 Å². The number of thiophene rings is 1. The van der Waals surface area contributed by atoms with Crippen molar-refractivity contribution in [3.8, 4) is 5.06 Å². The van der Waals surface area contributed by atoms with Gasteiger partial charge >= 0.3 is 35.5 Å². The molecule has 0 amide bonds. The van der Waals surface area contributed by atoms with Crippen LogP contribution < -0.4 is 10.5 Å². The van der Waals surface area contributed by atoms with Gasteiger partial charge < -0.3 is 10.5 Å². The normalized spacial score (nSPS) is 12.0. The van der Waals surface area contributed by atoms with Crippen molar-refractivity contribution < 1.29 is 9.53 Å². The van der Waals surface area contributed by atoms with Crippen LogP contribution in [0.3, 0.4) is 0 Å². The molecule has 0 unspecified atom stereocenters. The molecule has 80 valence electrons. The van der Waals surface area contributed by atoms with Gasteiger partial charge in [-0.3, -0.25) is 0 Å². The molecule has 0 aliphatic carbocycles. The number of carbonyl (C=O) groups excluding carboxylic acids is 1. The van der Waals surface area contributed by atoms with Gasteiger partial charge in [-0.2, -0.15) is 0 Å². The molecule has 0 aliphatic heterocycles. The first-order chi connectivity index (χ1) is 6.59. The third kappa shape index (κ3) is 5.68. The van der Waals surface area contributed by atoms with Gasteiger partial charge in [0.1, 0.15) is 6.04 Å². The Morgan fingerprint density at radius 3 is 2.73 bits per heavy atom. The molecule has 15 heavy (non-hydrogen) atoms. The number of hydrogen-bond donors (Lipinski definition) is 1. The number of rotatable bonds is 4. The van der Waals surface area contributed by atoms with Gasteiger partial charge in [-0.05, 0) is 29.9 Å². The average molecular weight is 237 g/mol. The van der Waals surface area contributed by atoms with Crippen LogP contribution in [-0.2, 0) is 4.79 Å². The summed E-state index contributed by atoms with van der Waals surface area (Å²) in [5.41, 5.74) is 5.66. The fraction of sp³-hybridized carbons (Fsp3) is 0.500. The van der Waals surface area contributed by atoms with Crippen molar-refractivity contribution in [2.75, 3.05) is 0 Å². The molecule has 0 radical (unpaired) electrons. The molecule has 2 N–H and O–H groups in total. The van der Waals surface area contributed by atoms with E-state index in [-0.39, 0.29) is 35.5 Å². The zero-order chi connectivity index (χ0) is 10.6. The summed E-state index contributed by atoms with van der Waals surface area (Å²) >= 11 is 1.39. The van der Waals surface area contributed by atoms with E-state index >= 15 is 0 Å². The number of ether oxygens (including phenoxy) is 1. The Bertz CT molecular complexity index is 288. The van der Waals surface area contributed by atoms with Gasteiger partial charge in [0.25, 0.3) is 0 Å². The van der Waals surface area contributed by atoms with Gasteiger partial charge in [-0.15, -0.1) is 11.3 Å². The number of esters is 1.